The van der Waals surface area contributed by atoms with Gasteiger partial charge in [-0.25, -0.2) is 4.68 Å². The first kappa shape index (κ1) is 20.3. The highest BCUT2D eigenvalue weighted by molar-refractivity contribution is 8.00. The van der Waals surface area contributed by atoms with E-state index in [1.165, 1.54) is 11.8 Å². The summed E-state index contributed by atoms with van der Waals surface area (Å²) in [6.45, 7) is 6.07. The van der Waals surface area contributed by atoms with Crippen molar-refractivity contribution < 1.29 is 9.53 Å². The Labute approximate surface area is 180 Å². The van der Waals surface area contributed by atoms with Gasteiger partial charge in [-0.15, -0.1) is 10.2 Å². The molecular weight excluding hydrogens is 398 g/mol. The zero-order valence-corrected chi connectivity index (χ0v) is 18.3. The highest BCUT2D eigenvalue weighted by Crippen LogP contribution is 2.38. The van der Waals surface area contributed by atoms with Crippen LogP contribution in [0.4, 0.5) is 5.69 Å². The van der Waals surface area contributed by atoms with Crippen molar-refractivity contribution in [2.75, 3.05) is 17.9 Å². The molecule has 2 aromatic carbocycles. The van der Waals surface area contributed by atoms with E-state index in [0.29, 0.717) is 5.16 Å². The molecular formula is C22H25N5O2S. The van der Waals surface area contributed by atoms with E-state index in [4.69, 9.17) is 4.74 Å². The number of fused-ring (bicyclic) bond motifs is 1. The van der Waals surface area contributed by atoms with Gasteiger partial charge in [-0.1, -0.05) is 48.5 Å². The Morgan fingerprint density at radius 1 is 1.20 bits per heavy atom. The molecule has 1 amide bonds. The molecule has 7 nitrogen and oxygen atoms in total. The van der Waals surface area contributed by atoms with Gasteiger partial charge in [0.2, 0.25) is 11.1 Å². The highest BCUT2D eigenvalue weighted by atomic mass is 32.2. The molecule has 0 unspecified atom stereocenters. The van der Waals surface area contributed by atoms with Gasteiger partial charge < -0.3 is 15.5 Å². The van der Waals surface area contributed by atoms with Crippen LogP contribution in [0, 0.1) is 13.8 Å². The first-order chi connectivity index (χ1) is 14.5. The van der Waals surface area contributed by atoms with E-state index in [0.717, 1.165) is 40.4 Å². The Bertz CT molecular complexity index is 1060. The van der Waals surface area contributed by atoms with Crippen molar-refractivity contribution in [3.8, 4) is 5.75 Å². The fourth-order valence-corrected chi connectivity index (χ4v) is 4.65. The number of carbonyl (C=O) groups is 1. The second-order valence-electron chi connectivity index (χ2n) is 7.31. The Morgan fingerprint density at radius 2 is 1.97 bits per heavy atom. The first-order valence-corrected chi connectivity index (χ1v) is 10.8. The third-order valence-electron chi connectivity index (χ3n) is 5.19. The molecule has 1 aliphatic heterocycles. The molecule has 0 aliphatic carbocycles. The number of carbonyl (C=O) groups excluding carboxylic acids is 1. The van der Waals surface area contributed by atoms with E-state index in [1.54, 1.807) is 7.11 Å². The minimum Gasteiger partial charge on any atom is -0.497 e. The van der Waals surface area contributed by atoms with E-state index < -0.39 is 5.25 Å². The molecule has 30 heavy (non-hydrogen) atoms. The van der Waals surface area contributed by atoms with Crippen molar-refractivity contribution >= 4 is 23.4 Å². The second-order valence-corrected chi connectivity index (χ2v) is 8.42. The van der Waals surface area contributed by atoms with Crippen LogP contribution in [-0.2, 0) is 11.2 Å². The summed E-state index contributed by atoms with van der Waals surface area (Å²) in [7, 11) is 1.64. The summed E-state index contributed by atoms with van der Waals surface area (Å²) >= 11 is 1.43. The number of anilines is 1. The smallest absolute Gasteiger partial charge is 0.240 e. The standard InChI is InChI=1S/C22H25N5O2S/c1-5-18-24-25-22-27(18)26-19(15-7-9-16(29-4)10-8-15)20(30-22)21(28)23-17-11-6-13(2)12-14(17)3/h6-12,19-20,26H,5H2,1-4H3,(H,23,28)/t19-,20-/m1/s1. The van der Waals surface area contributed by atoms with Crippen LogP contribution >= 0.6 is 11.8 Å². The van der Waals surface area contributed by atoms with Gasteiger partial charge >= 0.3 is 0 Å². The maximum absolute atomic E-state index is 13.3. The maximum Gasteiger partial charge on any atom is 0.240 e. The SMILES string of the molecule is CCc1nnc2n1N[C@H](c1ccc(OC)cc1)[C@H](C(=O)Nc1ccc(C)cc1C)S2. The molecule has 2 N–H and O–H groups in total. The molecule has 0 fully saturated rings. The van der Waals surface area contributed by atoms with Crippen LogP contribution in [0.25, 0.3) is 0 Å². The van der Waals surface area contributed by atoms with Gasteiger partial charge in [0.05, 0.1) is 13.2 Å². The van der Waals surface area contributed by atoms with Gasteiger partial charge in [-0.2, -0.15) is 0 Å². The van der Waals surface area contributed by atoms with Crippen LogP contribution < -0.4 is 15.5 Å². The molecule has 8 heteroatoms. The lowest BCUT2D eigenvalue weighted by Gasteiger charge is -2.33. The van der Waals surface area contributed by atoms with E-state index in [1.807, 2.05) is 61.8 Å². The number of nitrogens with one attached hydrogen (secondary N) is 2. The van der Waals surface area contributed by atoms with Crippen LogP contribution in [0.2, 0.25) is 0 Å². The van der Waals surface area contributed by atoms with Crippen LogP contribution in [0.5, 0.6) is 5.75 Å². The van der Waals surface area contributed by atoms with Gasteiger partial charge in [-0.3, -0.25) is 4.79 Å². The zero-order chi connectivity index (χ0) is 21.3. The monoisotopic (exact) mass is 423 g/mol. The van der Waals surface area contributed by atoms with E-state index in [9.17, 15) is 4.79 Å². The number of nitrogens with zero attached hydrogens (tertiary/aromatic N) is 3. The van der Waals surface area contributed by atoms with Crippen molar-refractivity contribution in [2.24, 2.45) is 0 Å². The van der Waals surface area contributed by atoms with Crippen LogP contribution in [0.15, 0.2) is 47.6 Å². The third-order valence-corrected chi connectivity index (χ3v) is 6.41. The summed E-state index contributed by atoms with van der Waals surface area (Å²) < 4.78 is 7.17. The summed E-state index contributed by atoms with van der Waals surface area (Å²) in [4.78, 5) is 13.3. The highest BCUT2D eigenvalue weighted by Gasteiger charge is 2.37. The average Bonchev–Trinajstić information content (AvgIpc) is 3.17. The van der Waals surface area contributed by atoms with Gasteiger partial charge in [0.1, 0.15) is 11.0 Å². The second kappa shape index (κ2) is 8.39. The molecule has 0 saturated heterocycles. The van der Waals surface area contributed by atoms with Crippen molar-refractivity contribution in [1.82, 2.24) is 14.9 Å². The number of benzene rings is 2. The molecule has 0 bridgehead atoms. The number of amides is 1. The summed E-state index contributed by atoms with van der Waals surface area (Å²) in [5.74, 6) is 1.54. The molecule has 0 radical (unpaired) electrons. The van der Waals surface area contributed by atoms with Gasteiger partial charge in [0.15, 0.2) is 5.82 Å². The molecule has 156 valence electrons. The largest absolute Gasteiger partial charge is 0.497 e. The predicted octanol–water partition coefficient (Wildman–Crippen LogP) is 3.86. The molecule has 1 aromatic heterocycles. The Kier molecular flexibility index (Phi) is 5.67. The number of methoxy groups -OCH3 is 1. The number of aromatic nitrogens is 3. The van der Waals surface area contributed by atoms with E-state index >= 15 is 0 Å². The fourth-order valence-electron chi connectivity index (χ4n) is 3.55. The van der Waals surface area contributed by atoms with Crippen molar-refractivity contribution in [1.29, 1.82) is 0 Å². The van der Waals surface area contributed by atoms with Crippen LogP contribution in [0.3, 0.4) is 0 Å². The maximum atomic E-state index is 13.3. The summed E-state index contributed by atoms with van der Waals surface area (Å²) in [5.41, 5.74) is 7.47. The van der Waals surface area contributed by atoms with E-state index in [-0.39, 0.29) is 11.9 Å². The van der Waals surface area contributed by atoms with Crippen LogP contribution in [-0.4, -0.2) is 33.1 Å². The minimum atomic E-state index is -0.416. The molecule has 3 aromatic rings. The predicted molar refractivity (Wildman–Crippen MR) is 119 cm³/mol. The topological polar surface area (TPSA) is 81.1 Å². The van der Waals surface area contributed by atoms with Gasteiger partial charge in [0.25, 0.3) is 0 Å². The molecule has 0 saturated carbocycles. The van der Waals surface area contributed by atoms with Crippen molar-refractivity contribution in [3.05, 3.63) is 65.0 Å². The van der Waals surface area contributed by atoms with Crippen molar-refractivity contribution in [2.45, 2.75) is 43.6 Å². The molecule has 2 heterocycles. The number of hydrogen-bond acceptors (Lipinski definition) is 6. The lowest BCUT2D eigenvalue weighted by atomic mass is 10.0. The number of thioether (sulfide) groups is 1. The Morgan fingerprint density at radius 3 is 2.63 bits per heavy atom. The van der Waals surface area contributed by atoms with Gasteiger partial charge in [0, 0.05) is 12.1 Å². The number of hydrogen-bond donors (Lipinski definition) is 2. The average molecular weight is 424 g/mol. The third kappa shape index (κ3) is 3.87. The number of aryl methyl sites for hydroxylation is 3. The molecule has 1 aliphatic rings. The normalized spacial score (nSPS) is 17.7. The molecule has 2 atom stereocenters. The Hall–Kier alpha value is -3.00. The van der Waals surface area contributed by atoms with Crippen molar-refractivity contribution in [3.63, 3.8) is 0 Å². The Balaban J connectivity index is 1.67. The molecule has 0 spiro atoms. The molecule has 4 rings (SSSR count). The van der Waals surface area contributed by atoms with Crippen LogP contribution in [0.1, 0.15) is 35.5 Å². The first-order valence-electron chi connectivity index (χ1n) is 9.89. The summed E-state index contributed by atoms with van der Waals surface area (Å²) in [6.07, 6.45) is 0.745. The minimum absolute atomic E-state index is 0.0763. The zero-order valence-electron chi connectivity index (χ0n) is 17.5. The number of rotatable bonds is 5. The number of ether oxygens (including phenoxy) is 1. The summed E-state index contributed by atoms with van der Waals surface area (Å²) in [6, 6.07) is 13.5. The summed E-state index contributed by atoms with van der Waals surface area (Å²) in [5, 5.41) is 11.9. The lowest BCUT2D eigenvalue weighted by molar-refractivity contribution is -0.116. The fraction of sp³-hybridized carbons (Fsp3) is 0.318. The van der Waals surface area contributed by atoms with Gasteiger partial charge in [-0.05, 0) is 43.2 Å². The lowest BCUT2D eigenvalue weighted by Crippen LogP contribution is -2.41. The quantitative estimate of drug-likeness (QED) is 0.649. The van der Waals surface area contributed by atoms with E-state index in [2.05, 4.69) is 27.0 Å².